The molecule has 0 aliphatic heterocycles. The number of carbonyl (C=O) groups excluding carboxylic acids is 1. The van der Waals surface area contributed by atoms with Crippen LogP contribution in [-0.2, 0) is 9.53 Å². The normalized spacial score (nSPS) is 29.5. The minimum absolute atomic E-state index is 0.0130. The summed E-state index contributed by atoms with van der Waals surface area (Å²) in [5.74, 6) is -1.32. The Morgan fingerprint density at radius 2 is 1.70 bits per heavy atom. The molecule has 0 amide bonds. The van der Waals surface area contributed by atoms with Crippen molar-refractivity contribution in [1.82, 2.24) is 0 Å². The highest BCUT2D eigenvalue weighted by Crippen LogP contribution is 2.53. The molecule has 5 atom stereocenters. The minimum Gasteiger partial charge on any atom is -0.458 e. The van der Waals surface area contributed by atoms with Crippen molar-refractivity contribution in [3.05, 3.63) is 0 Å². The number of esters is 1. The molecule has 0 aromatic rings. The summed E-state index contributed by atoms with van der Waals surface area (Å²) >= 11 is 1.63. The van der Waals surface area contributed by atoms with Crippen molar-refractivity contribution >= 4 is 28.6 Å². The SMILES string of the molecule is CCC(C)(I)C(=O)OC(CC1CC2CCC1C2)C(O)(C(F)(F)F)C(F)(F)F. The van der Waals surface area contributed by atoms with E-state index in [1.165, 1.54) is 6.92 Å². The number of rotatable bonds is 6. The summed E-state index contributed by atoms with van der Waals surface area (Å²) in [7, 11) is 0. The third-order valence-electron chi connectivity index (χ3n) is 6.07. The van der Waals surface area contributed by atoms with Crippen LogP contribution in [0.3, 0.4) is 0 Å². The number of fused-ring (bicyclic) bond motifs is 2. The molecule has 0 heterocycles. The standard InChI is InChI=1S/C17H23F6IO3/c1-3-14(2,24)13(25)27-12(8-11-7-9-4-5-10(11)6-9)15(26,16(18,19)20)17(21,22)23/h9-12,26H,3-8H2,1-2H3. The average Bonchev–Trinajstić information content (AvgIpc) is 3.13. The van der Waals surface area contributed by atoms with Crippen LogP contribution in [0.25, 0.3) is 0 Å². The third-order valence-corrected chi connectivity index (χ3v) is 7.27. The summed E-state index contributed by atoms with van der Waals surface area (Å²) in [5, 5.41) is 9.83. The van der Waals surface area contributed by atoms with Crippen molar-refractivity contribution in [1.29, 1.82) is 0 Å². The van der Waals surface area contributed by atoms with Gasteiger partial charge in [0, 0.05) is 0 Å². The fraction of sp³-hybridized carbons (Fsp3) is 0.941. The molecule has 2 rings (SSSR count). The Hall–Kier alpha value is -0.260. The van der Waals surface area contributed by atoms with Crippen LogP contribution >= 0.6 is 22.6 Å². The van der Waals surface area contributed by atoms with E-state index in [4.69, 9.17) is 4.74 Å². The minimum atomic E-state index is -6.03. The number of aliphatic hydroxyl groups is 1. The molecular formula is C17H23F6IO3. The monoisotopic (exact) mass is 516 g/mol. The van der Waals surface area contributed by atoms with Gasteiger partial charge in [-0.25, -0.2) is 0 Å². The van der Waals surface area contributed by atoms with E-state index in [-0.39, 0.29) is 18.3 Å². The van der Waals surface area contributed by atoms with Gasteiger partial charge in [-0.05, 0) is 56.8 Å². The predicted molar refractivity (Wildman–Crippen MR) is 93.2 cm³/mol. The molecule has 2 fully saturated rings. The predicted octanol–water partition coefficient (Wildman–Crippen LogP) is 5.18. The van der Waals surface area contributed by atoms with Crippen molar-refractivity contribution in [3.8, 4) is 0 Å². The number of halogens is 7. The fourth-order valence-electron chi connectivity index (χ4n) is 4.17. The molecule has 5 unspecified atom stereocenters. The van der Waals surface area contributed by atoms with Crippen LogP contribution in [0, 0.1) is 17.8 Å². The molecule has 2 saturated carbocycles. The van der Waals surface area contributed by atoms with E-state index in [1.54, 1.807) is 29.5 Å². The van der Waals surface area contributed by atoms with E-state index in [0.717, 1.165) is 19.3 Å². The van der Waals surface area contributed by atoms with E-state index < -0.39 is 45.8 Å². The van der Waals surface area contributed by atoms with Gasteiger partial charge in [0.2, 0.25) is 0 Å². The lowest BCUT2D eigenvalue weighted by Crippen LogP contribution is -2.66. The van der Waals surface area contributed by atoms with Gasteiger partial charge in [0.25, 0.3) is 5.60 Å². The van der Waals surface area contributed by atoms with Gasteiger partial charge < -0.3 is 9.84 Å². The number of carbonyl (C=O) groups is 1. The van der Waals surface area contributed by atoms with Crippen molar-refractivity contribution in [2.24, 2.45) is 17.8 Å². The summed E-state index contributed by atoms with van der Waals surface area (Å²) in [4.78, 5) is 12.3. The van der Waals surface area contributed by atoms with Gasteiger partial charge in [0.15, 0.2) is 0 Å². The molecule has 2 aliphatic carbocycles. The lowest BCUT2D eigenvalue weighted by atomic mass is 9.80. The highest BCUT2D eigenvalue weighted by Gasteiger charge is 2.75. The van der Waals surface area contributed by atoms with Crippen LogP contribution in [-0.4, -0.2) is 38.6 Å². The largest absolute Gasteiger partial charge is 0.458 e. The molecule has 27 heavy (non-hydrogen) atoms. The van der Waals surface area contributed by atoms with Crippen LogP contribution in [0.15, 0.2) is 0 Å². The van der Waals surface area contributed by atoms with Gasteiger partial charge in [-0.3, -0.25) is 4.79 Å². The summed E-state index contributed by atoms with van der Waals surface area (Å²) in [6, 6.07) is 0. The summed E-state index contributed by atoms with van der Waals surface area (Å²) in [6.45, 7) is 2.93. The van der Waals surface area contributed by atoms with Gasteiger partial charge >= 0.3 is 18.3 Å². The number of hydrogen-bond donors (Lipinski definition) is 1. The zero-order chi connectivity index (χ0) is 20.8. The first-order valence-electron chi connectivity index (χ1n) is 8.89. The second-order valence-electron chi connectivity index (χ2n) is 7.88. The Morgan fingerprint density at radius 3 is 2.07 bits per heavy atom. The smallest absolute Gasteiger partial charge is 0.430 e. The molecule has 0 aromatic carbocycles. The Balaban J connectivity index is 2.36. The van der Waals surface area contributed by atoms with Gasteiger partial charge in [-0.15, -0.1) is 0 Å². The zero-order valence-electron chi connectivity index (χ0n) is 15.0. The lowest BCUT2D eigenvalue weighted by Gasteiger charge is -2.40. The molecule has 3 nitrogen and oxygen atoms in total. The molecule has 1 N–H and O–H groups in total. The van der Waals surface area contributed by atoms with Crippen molar-refractivity contribution in [3.63, 3.8) is 0 Å². The van der Waals surface area contributed by atoms with Crippen LogP contribution in [0.5, 0.6) is 0 Å². The first kappa shape index (κ1) is 23.0. The molecule has 0 spiro atoms. The molecular weight excluding hydrogens is 493 g/mol. The maximum absolute atomic E-state index is 13.4. The van der Waals surface area contributed by atoms with Crippen molar-refractivity contribution < 1.29 is 41.0 Å². The second-order valence-corrected chi connectivity index (χ2v) is 10.3. The summed E-state index contributed by atoms with van der Waals surface area (Å²) in [5.41, 5.74) is -5.10. The van der Waals surface area contributed by atoms with Gasteiger partial charge in [-0.2, -0.15) is 26.3 Å². The second kappa shape index (κ2) is 7.53. The van der Waals surface area contributed by atoms with Gasteiger partial charge in [-0.1, -0.05) is 35.9 Å². The molecule has 0 radical (unpaired) electrons. The summed E-state index contributed by atoms with van der Waals surface area (Å²) in [6.07, 6.45) is -12.4. The van der Waals surface area contributed by atoms with E-state index >= 15 is 0 Å². The van der Waals surface area contributed by atoms with Gasteiger partial charge in [0.1, 0.15) is 9.53 Å². The first-order valence-corrected chi connectivity index (χ1v) is 9.97. The van der Waals surface area contributed by atoms with E-state index in [1.807, 2.05) is 0 Å². The Morgan fingerprint density at radius 1 is 1.15 bits per heavy atom. The Bertz CT molecular complexity index is 546. The Labute approximate surface area is 167 Å². The molecule has 0 saturated heterocycles. The van der Waals surface area contributed by atoms with Crippen molar-refractivity contribution in [2.75, 3.05) is 0 Å². The molecule has 2 bridgehead atoms. The van der Waals surface area contributed by atoms with E-state index in [2.05, 4.69) is 0 Å². The lowest BCUT2D eigenvalue weighted by molar-refractivity contribution is -0.392. The van der Waals surface area contributed by atoms with E-state index in [9.17, 15) is 36.2 Å². The molecule has 2 aliphatic rings. The van der Waals surface area contributed by atoms with Crippen LogP contribution in [0.4, 0.5) is 26.3 Å². The zero-order valence-corrected chi connectivity index (χ0v) is 17.1. The van der Waals surface area contributed by atoms with Gasteiger partial charge in [0.05, 0.1) is 0 Å². The molecule has 158 valence electrons. The summed E-state index contributed by atoms with van der Waals surface area (Å²) < 4.78 is 83.7. The topological polar surface area (TPSA) is 46.5 Å². The number of hydrogen-bond acceptors (Lipinski definition) is 3. The average molecular weight is 516 g/mol. The number of alkyl halides is 7. The fourth-order valence-corrected chi connectivity index (χ4v) is 4.29. The van der Waals surface area contributed by atoms with Crippen LogP contribution in [0.2, 0.25) is 0 Å². The maximum Gasteiger partial charge on any atom is 0.430 e. The molecule has 10 heteroatoms. The van der Waals surface area contributed by atoms with Crippen LogP contribution in [0.1, 0.15) is 52.4 Å². The number of ether oxygens (including phenoxy) is 1. The maximum atomic E-state index is 13.4. The highest BCUT2D eigenvalue weighted by molar-refractivity contribution is 14.1. The quantitative estimate of drug-likeness (QED) is 0.229. The van der Waals surface area contributed by atoms with Crippen molar-refractivity contribution in [2.45, 2.75) is 79.9 Å². The van der Waals surface area contributed by atoms with E-state index in [0.29, 0.717) is 6.42 Å². The third kappa shape index (κ3) is 4.35. The van der Waals surface area contributed by atoms with Crippen LogP contribution < -0.4 is 0 Å². The molecule has 0 aromatic heterocycles. The first-order chi connectivity index (χ1) is 12.1. The Kier molecular flexibility index (Phi) is 6.42. The highest BCUT2D eigenvalue weighted by atomic mass is 127.